The third-order valence-electron chi connectivity index (χ3n) is 4.60. The Morgan fingerprint density at radius 1 is 0.880 bits per heavy atom. The number of sulfonamides is 1. The summed E-state index contributed by atoms with van der Waals surface area (Å²) in [5.74, 6) is 0. The number of para-hydroxylation sites is 1. The van der Waals surface area contributed by atoms with Crippen LogP contribution in [-0.2, 0) is 10.0 Å². The molecule has 0 amide bonds. The number of benzene rings is 2. The first-order valence-corrected chi connectivity index (χ1v) is 9.72. The number of hydrogen-bond donors (Lipinski definition) is 0. The third-order valence-corrected chi connectivity index (χ3v) is 6.50. The van der Waals surface area contributed by atoms with Gasteiger partial charge in [-0.25, -0.2) is 8.42 Å². The van der Waals surface area contributed by atoms with Crippen LogP contribution in [0.15, 0.2) is 70.5 Å². The van der Waals surface area contributed by atoms with Crippen LogP contribution < -0.4 is 5.43 Å². The Kier molecular flexibility index (Phi) is 3.94. The molecule has 1 aliphatic heterocycles. The van der Waals surface area contributed by atoms with Crippen molar-refractivity contribution in [2.24, 2.45) is 0 Å². The van der Waals surface area contributed by atoms with Gasteiger partial charge in [0.05, 0.1) is 10.4 Å². The fourth-order valence-electron chi connectivity index (χ4n) is 3.30. The molecular weight excluding hydrogens is 336 g/mol. The Morgan fingerprint density at radius 3 is 2.44 bits per heavy atom. The van der Waals surface area contributed by atoms with Crippen molar-refractivity contribution >= 4 is 20.9 Å². The molecule has 0 unspecified atom stereocenters. The van der Waals surface area contributed by atoms with Crippen molar-refractivity contribution in [2.45, 2.75) is 17.7 Å². The lowest BCUT2D eigenvalue weighted by Gasteiger charge is -2.17. The van der Waals surface area contributed by atoms with E-state index in [1.165, 1.54) is 10.4 Å². The lowest BCUT2D eigenvalue weighted by atomic mass is 10.2. The van der Waals surface area contributed by atoms with E-state index in [1.54, 1.807) is 30.5 Å². The van der Waals surface area contributed by atoms with E-state index in [9.17, 15) is 13.2 Å². The van der Waals surface area contributed by atoms with Crippen molar-refractivity contribution in [2.75, 3.05) is 13.1 Å². The summed E-state index contributed by atoms with van der Waals surface area (Å²) in [5.41, 5.74) is 1.43. The molecule has 1 aliphatic rings. The van der Waals surface area contributed by atoms with Gasteiger partial charge in [0.1, 0.15) is 0 Å². The molecule has 0 saturated carbocycles. The smallest absolute Gasteiger partial charge is 0.243 e. The molecule has 25 heavy (non-hydrogen) atoms. The highest BCUT2D eigenvalue weighted by molar-refractivity contribution is 7.89. The van der Waals surface area contributed by atoms with Crippen LogP contribution in [0.3, 0.4) is 0 Å². The van der Waals surface area contributed by atoms with Gasteiger partial charge in [-0.1, -0.05) is 18.2 Å². The van der Waals surface area contributed by atoms with Gasteiger partial charge in [-0.2, -0.15) is 4.31 Å². The number of aromatic nitrogens is 1. The molecule has 0 bridgehead atoms. The van der Waals surface area contributed by atoms with E-state index in [4.69, 9.17) is 0 Å². The summed E-state index contributed by atoms with van der Waals surface area (Å²) in [6, 6.07) is 15.7. The van der Waals surface area contributed by atoms with Gasteiger partial charge < -0.3 is 4.57 Å². The fourth-order valence-corrected chi connectivity index (χ4v) is 4.86. The molecule has 2 aromatic carbocycles. The number of hydrogen-bond acceptors (Lipinski definition) is 3. The Bertz CT molecular complexity index is 1100. The van der Waals surface area contributed by atoms with Crippen molar-refractivity contribution < 1.29 is 8.42 Å². The van der Waals surface area contributed by atoms with Crippen LogP contribution in [0.5, 0.6) is 0 Å². The third kappa shape index (κ3) is 2.77. The molecule has 5 nitrogen and oxygen atoms in total. The summed E-state index contributed by atoms with van der Waals surface area (Å²) in [6.07, 6.45) is 3.50. The van der Waals surface area contributed by atoms with Crippen LogP contribution in [0.1, 0.15) is 12.8 Å². The van der Waals surface area contributed by atoms with E-state index in [0.29, 0.717) is 18.5 Å². The van der Waals surface area contributed by atoms with Gasteiger partial charge in [-0.3, -0.25) is 4.79 Å². The highest BCUT2D eigenvalue weighted by Gasteiger charge is 2.27. The van der Waals surface area contributed by atoms with Gasteiger partial charge in [-0.15, -0.1) is 0 Å². The maximum Gasteiger partial charge on any atom is 0.243 e. The number of rotatable bonds is 3. The molecule has 0 N–H and O–H groups in total. The molecule has 1 fully saturated rings. The van der Waals surface area contributed by atoms with E-state index >= 15 is 0 Å². The second-order valence-corrected chi connectivity index (χ2v) is 8.11. The Morgan fingerprint density at radius 2 is 1.64 bits per heavy atom. The zero-order valence-electron chi connectivity index (χ0n) is 13.6. The van der Waals surface area contributed by atoms with E-state index in [1.807, 2.05) is 28.8 Å². The van der Waals surface area contributed by atoms with Crippen molar-refractivity contribution in [3.05, 3.63) is 71.0 Å². The minimum absolute atomic E-state index is 0.0484. The number of pyridine rings is 1. The first-order valence-electron chi connectivity index (χ1n) is 8.28. The SMILES string of the molecule is O=c1ccn(-c2cccc(S(=O)(=O)N3CCCC3)c2)c2ccccc12. The van der Waals surface area contributed by atoms with Crippen LogP contribution >= 0.6 is 0 Å². The molecule has 0 spiro atoms. The lowest BCUT2D eigenvalue weighted by molar-refractivity contribution is 0.477. The topological polar surface area (TPSA) is 59.4 Å². The predicted octanol–water partition coefficient (Wildman–Crippen LogP) is 2.78. The quantitative estimate of drug-likeness (QED) is 0.727. The molecule has 2 heterocycles. The van der Waals surface area contributed by atoms with Crippen LogP contribution in [-0.4, -0.2) is 30.4 Å². The zero-order valence-corrected chi connectivity index (χ0v) is 14.4. The Hall–Kier alpha value is -2.44. The Balaban J connectivity index is 1.86. The van der Waals surface area contributed by atoms with Gasteiger partial charge in [-0.05, 0) is 43.2 Å². The molecule has 0 atom stereocenters. The molecule has 0 aliphatic carbocycles. The molecule has 0 radical (unpaired) electrons. The standard InChI is InChI=1S/C19H18N2O3S/c22-19-10-13-21(18-9-2-1-8-17(18)19)15-6-5-7-16(14-15)25(23,24)20-11-3-4-12-20/h1-2,5-10,13-14H,3-4,11-12H2. The second-order valence-electron chi connectivity index (χ2n) is 6.18. The van der Waals surface area contributed by atoms with Gasteiger partial charge >= 0.3 is 0 Å². The number of nitrogens with zero attached hydrogens (tertiary/aromatic N) is 2. The van der Waals surface area contributed by atoms with Crippen LogP contribution in [0, 0.1) is 0 Å². The fraction of sp³-hybridized carbons (Fsp3) is 0.211. The zero-order chi connectivity index (χ0) is 17.4. The summed E-state index contributed by atoms with van der Waals surface area (Å²) < 4.78 is 29.0. The lowest BCUT2D eigenvalue weighted by Crippen LogP contribution is -2.27. The first-order chi connectivity index (χ1) is 12.1. The van der Waals surface area contributed by atoms with E-state index < -0.39 is 10.0 Å². The maximum absolute atomic E-state index is 12.8. The minimum atomic E-state index is -3.47. The van der Waals surface area contributed by atoms with Crippen LogP contribution in [0.2, 0.25) is 0 Å². The predicted molar refractivity (Wildman–Crippen MR) is 97.5 cm³/mol. The number of fused-ring (bicyclic) bond motifs is 1. The normalized spacial score (nSPS) is 15.7. The van der Waals surface area contributed by atoms with Crippen LogP contribution in [0.4, 0.5) is 0 Å². The molecule has 3 aromatic rings. The van der Waals surface area contributed by atoms with Gasteiger partial charge in [0.25, 0.3) is 0 Å². The van der Waals surface area contributed by atoms with Gasteiger partial charge in [0.2, 0.25) is 10.0 Å². The molecule has 4 rings (SSSR count). The minimum Gasteiger partial charge on any atom is -0.316 e. The summed E-state index contributed by atoms with van der Waals surface area (Å²) in [7, 11) is -3.47. The van der Waals surface area contributed by atoms with Gasteiger partial charge in [0, 0.05) is 36.4 Å². The average molecular weight is 354 g/mol. The molecular formula is C19H18N2O3S. The van der Waals surface area contributed by atoms with Gasteiger partial charge in [0.15, 0.2) is 5.43 Å². The molecule has 1 saturated heterocycles. The molecule has 128 valence electrons. The largest absolute Gasteiger partial charge is 0.316 e. The van der Waals surface area contributed by atoms with E-state index in [-0.39, 0.29) is 10.3 Å². The van der Waals surface area contributed by atoms with Crippen LogP contribution in [0.25, 0.3) is 16.6 Å². The summed E-state index contributed by atoms with van der Waals surface area (Å²) in [4.78, 5) is 12.3. The second kappa shape index (κ2) is 6.13. The highest BCUT2D eigenvalue weighted by Crippen LogP contribution is 2.24. The van der Waals surface area contributed by atoms with E-state index in [0.717, 1.165) is 24.0 Å². The monoisotopic (exact) mass is 354 g/mol. The van der Waals surface area contributed by atoms with Crippen molar-refractivity contribution in [3.8, 4) is 5.69 Å². The highest BCUT2D eigenvalue weighted by atomic mass is 32.2. The van der Waals surface area contributed by atoms with Crippen molar-refractivity contribution in [1.82, 2.24) is 8.87 Å². The van der Waals surface area contributed by atoms with E-state index in [2.05, 4.69) is 0 Å². The first kappa shape index (κ1) is 16.1. The summed E-state index contributed by atoms with van der Waals surface area (Å²) >= 11 is 0. The Labute approximate surface area is 146 Å². The van der Waals surface area contributed by atoms with Crippen molar-refractivity contribution in [3.63, 3.8) is 0 Å². The van der Waals surface area contributed by atoms with Crippen molar-refractivity contribution in [1.29, 1.82) is 0 Å². The average Bonchev–Trinajstić information content (AvgIpc) is 3.18. The summed E-state index contributed by atoms with van der Waals surface area (Å²) in [6.45, 7) is 1.15. The maximum atomic E-state index is 12.8. The molecule has 6 heteroatoms. The summed E-state index contributed by atoms with van der Waals surface area (Å²) in [5, 5.41) is 0.609. The molecule has 1 aromatic heterocycles.